The van der Waals surface area contributed by atoms with E-state index < -0.39 is 16.1 Å². The van der Waals surface area contributed by atoms with Crippen molar-refractivity contribution in [3.63, 3.8) is 0 Å². The fourth-order valence-corrected chi connectivity index (χ4v) is 4.91. The minimum atomic E-state index is -3.53. The third-order valence-electron chi connectivity index (χ3n) is 5.72. The number of hydrogen-bond acceptors (Lipinski definition) is 4. The number of halogens is 2. The van der Waals surface area contributed by atoms with Gasteiger partial charge in [-0.2, -0.15) is 0 Å². The van der Waals surface area contributed by atoms with Gasteiger partial charge < -0.3 is 10.2 Å². The van der Waals surface area contributed by atoms with E-state index in [0.717, 1.165) is 12.7 Å². The second kappa shape index (κ2) is 13.1. The standard InChI is InChI=1S/C25H33Cl2N3O4S/c1-5-18(2)28-25(32)19(3)29(17-20-13-14-21(26)16-23(20)27)24(31)12-9-15-30(35(4,33)34)22-10-7-6-8-11-22/h6-8,10-11,13-14,16,18-19H,5,9,12,15,17H2,1-4H3,(H,28,32). The summed E-state index contributed by atoms with van der Waals surface area (Å²) in [6.07, 6.45) is 2.24. The van der Waals surface area contributed by atoms with Crippen LogP contribution in [0.15, 0.2) is 48.5 Å². The molecule has 0 heterocycles. The second-order valence-corrected chi connectivity index (χ2v) is 11.3. The monoisotopic (exact) mass is 541 g/mol. The Morgan fingerprint density at radius 1 is 1.06 bits per heavy atom. The first-order valence-corrected chi connectivity index (χ1v) is 14.1. The molecule has 7 nitrogen and oxygen atoms in total. The van der Waals surface area contributed by atoms with Crippen LogP contribution in [0.2, 0.25) is 10.0 Å². The number of hydrogen-bond donors (Lipinski definition) is 1. The molecule has 2 unspecified atom stereocenters. The molecule has 2 atom stereocenters. The molecule has 2 amide bonds. The van der Waals surface area contributed by atoms with Gasteiger partial charge >= 0.3 is 0 Å². The van der Waals surface area contributed by atoms with Crippen molar-refractivity contribution in [3.05, 3.63) is 64.1 Å². The van der Waals surface area contributed by atoms with Crippen molar-refractivity contribution in [2.45, 2.75) is 58.7 Å². The lowest BCUT2D eigenvalue weighted by Gasteiger charge is -2.30. The number of rotatable bonds is 12. The summed E-state index contributed by atoms with van der Waals surface area (Å²) in [5.41, 5.74) is 1.20. The Hall–Kier alpha value is -2.29. The van der Waals surface area contributed by atoms with Gasteiger partial charge in [0.05, 0.1) is 11.9 Å². The number of nitrogens with one attached hydrogen (secondary N) is 1. The van der Waals surface area contributed by atoms with Crippen LogP contribution in [0, 0.1) is 0 Å². The lowest BCUT2D eigenvalue weighted by Crippen LogP contribution is -2.49. The van der Waals surface area contributed by atoms with E-state index in [1.54, 1.807) is 55.5 Å². The minimum Gasteiger partial charge on any atom is -0.352 e. The van der Waals surface area contributed by atoms with Gasteiger partial charge in [0.1, 0.15) is 6.04 Å². The number of carbonyl (C=O) groups is 2. The molecule has 0 fully saturated rings. The van der Waals surface area contributed by atoms with E-state index >= 15 is 0 Å². The third-order valence-corrected chi connectivity index (χ3v) is 7.50. The van der Waals surface area contributed by atoms with Crippen molar-refractivity contribution in [2.75, 3.05) is 17.1 Å². The van der Waals surface area contributed by atoms with Gasteiger partial charge in [0, 0.05) is 35.6 Å². The van der Waals surface area contributed by atoms with Crippen LogP contribution in [-0.2, 0) is 26.2 Å². The highest BCUT2D eigenvalue weighted by Gasteiger charge is 2.27. The summed E-state index contributed by atoms with van der Waals surface area (Å²) in [5.74, 6) is -0.538. The molecule has 2 aromatic rings. The van der Waals surface area contributed by atoms with Gasteiger partial charge in [-0.3, -0.25) is 13.9 Å². The summed E-state index contributed by atoms with van der Waals surface area (Å²) >= 11 is 12.3. The van der Waals surface area contributed by atoms with Gasteiger partial charge in [0.2, 0.25) is 21.8 Å². The Bertz CT molecular complexity index is 1110. The fraction of sp³-hybridized carbons (Fsp3) is 0.440. The van der Waals surface area contributed by atoms with Crippen molar-refractivity contribution in [2.24, 2.45) is 0 Å². The van der Waals surface area contributed by atoms with E-state index in [1.807, 2.05) is 13.8 Å². The zero-order chi connectivity index (χ0) is 26.2. The van der Waals surface area contributed by atoms with Gasteiger partial charge in [-0.15, -0.1) is 0 Å². The average Bonchev–Trinajstić information content (AvgIpc) is 2.80. The van der Waals surface area contributed by atoms with E-state index in [9.17, 15) is 18.0 Å². The molecule has 0 saturated carbocycles. The van der Waals surface area contributed by atoms with E-state index in [2.05, 4.69) is 5.32 Å². The number of amides is 2. The number of para-hydroxylation sites is 1. The molecule has 0 aliphatic carbocycles. The van der Waals surface area contributed by atoms with Gasteiger partial charge in [-0.25, -0.2) is 8.42 Å². The van der Waals surface area contributed by atoms with Crippen LogP contribution in [0.4, 0.5) is 5.69 Å². The molecule has 0 bridgehead atoms. The third kappa shape index (κ3) is 8.70. The summed E-state index contributed by atoms with van der Waals surface area (Å²) in [4.78, 5) is 27.6. The molecular formula is C25H33Cl2N3O4S. The van der Waals surface area contributed by atoms with Gasteiger partial charge in [0.25, 0.3) is 0 Å². The molecule has 0 spiro atoms. The van der Waals surface area contributed by atoms with E-state index in [1.165, 1.54) is 9.21 Å². The zero-order valence-electron chi connectivity index (χ0n) is 20.5. The molecule has 10 heteroatoms. The van der Waals surface area contributed by atoms with E-state index in [4.69, 9.17) is 23.2 Å². The van der Waals surface area contributed by atoms with Crippen molar-refractivity contribution in [3.8, 4) is 0 Å². The summed E-state index contributed by atoms with van der Waals surface area (Å²) in [7, 11) is -3.53. The molecule has 0 radical (unpaired) electrons. The highest BCUT2D eigenvalue weighted by atomic mass is 35.5. The molecule has 2 rings (SSSR count). The highest BCUT2D eigenvalue weighted by molar-refractivity contribution is 7.92. The van der Waals surface area contributed by atoms with E-state index in [0.29, 0.717) is 21.3 Å². The van der Waals surface area contributed by atoms with Crippen molar-refractivity contribution in [1.82, 2.24) is 10.2 Å². The fourth-order valence-electron chi connectivity index (χ4n) is 3.48. The topological polar surface area (TPSA) is 86.8 Å². The molecule has 0 saturated heterocycles. The Kier molecular flexibility index (Phi) is 10.9. The summed E-state index contributed by atoms with van der Waals surface area (Å²) < 4.78 is 25.9. The SMILES string of the molecule is CCC(C)NC(=O)C(C)N(Cc1ccc(Cl)cc1Cl)C(=O)CCCN(c1ccccc1)S(C)(=O)=O. The summed E-state index contributed by atoms with van der Waals surface area (Å²) in [6, 6.07) is 13.0. The van der Waals surface area contributed by atoms with Gasteiger partial charge in [-0.05, 0) is 56.5 Å². The first kappa shape index (κ1) is 28.9. The van der Waals surface area contributed by atoms with Crippen LogP contribution in [0.3, 0.4) is 0 Å². The number of sulfonamides is 1. The van der Waals surface area contributed by atoms with Crippen LogP contribution in [0.25, 0.3) is 0 Å². The highest BCUT2D eigenvalue weighted by Crippen LogP contribution is 2.24. The smallest absolute Gasteiger partial charge is 0.242 e. The minimum absolute atomic E-state index is 0.0322. The van der Waals surface area contributed by atoms with Crippen LogP contribution >= 0.6 is 23.2 Å². The molecule has 0 aromatic heterocycles. The van der Waals surface area contributed by atoms with Crippen LogP contribution in [0.1, 0.15) is 45.6 Å². The van der Waals surface area contributed by atoms with E-state index in [-0.39, 0.29) is 43.8 Å². The molecule has 1 N–H and O–H groups in total. The normalized spacial score (nSPS) is 13.1. The molecule has 0 aliphatic heterocycles. The van der Waals surface area contributed by atoms with Crippen LogP contribution in [0.5, 0.6) is 0 Å². The maximum atomic E-state index is 13.3. The number of nitrogens with zero attached hydrogens (tertiary/aromatic N) is 2. The first-order chi connectivity index (χ1) is 16.4. The molecule has 2 aromatic carbocycles. The summed E-state index contributed by atoms with van der Waals surface area (Å²) in [6.45, 7) is 5.80. The Labute approximate surface area is 218 Å². The van der Waals surface area contributed by atoms with Crippen molar-refractivity contribution >= 4 is 50.7 Å². The largest absolute Gasteiger partial charge is 0.352 e. The Balaban J connectivity index is 2.19. The van der Waals surface area contributed by atoms with Crippen molar-refractivity contribution in [1.29, 1.82) is 0 Å². The van der Waals surface area contributed by atoms with Gasteiger partial charge in [-0.1, -0.05) is 54.4 Å². The molecular weight excluding hydrogens is 509 g/mol. The van der Waals surface area contributed by atoms with Gasteiger partial charge in [0.15, 0.2) is 0 Å². The lowest BCUT2D eigenvalue weighted by molar-refractivity contribution is -0.140. The number of benzene rings is 2. The predicted octanol–water partition coefficient (Wildman–Crippen LogP) is 4.87. The molecule has 192 valence electrons. The number of anilines is 1. The Morgan fingerprint density at radius 3 is 2.29 bits per heavy atom. The molecule has 35 heavy (non-hydrogen) atoms. The molecule has 0 aliphatic rings. The predicted molar refractivity (Wildman–Crippen MR) is 142 cm³/mol. The quantitative estimate of drug-likeness (QED) is 0.415. The first-order valence-electron chi connectivity index (χ1n) is 11.5. The number of carbonyl (C=O) groups excluding carboxylic acids is 2. The summed E-state index contributed by atoms with van der Waals surface area (Å²) in [5, 5.41) is 3.79. The zero-order valence-corrected chi connectivity index (χ0v) is 22.8. The maximum absolute atomic E-state index is 13.3. The Morgan fingerprint density at radius 2 is 1.71 bits per heavy atom. The van der Waals surface area contributed by atoms with Crippen LogP contribution < -0.4 is 9.62 Å². The lowest BCUT2D eigenvalue weighted by atomic mass is 10.1. The second-order valence-electron chi connectivity index (χ2n) is 8.53. The van der Waals surface area contributed by atoms with Crippen molar-refractivity contribution < 1.29 is 18.0 Å². The maximum Gasteiger partial charge on any atom is 0.242 e. The van der Waals surface area contributed by atoms with Crippen LogP contribution in [-0.4, -0.2) is 50.0 Å². The average molecular weight is 543 g/mol.